The molecule has 0 unspecified atom stereocenters. The monoisotopic (exact) mass is 319 g/mol. The van der Waals surface area contributed by atoms with E-state index < -0.39 is 6.03 Å². The Bertz CT molecular complexity index is 932. The number of benzene rings is 2. The third-order valence-corrected chi connectivity index (χ3v) is 3.78. The fourth-order valence-electron chi connectivity index (χ4n) is 2.63. The molecule has 1 saturated heterocycles. The third kappa shape index (κ3) is 2.54. The van der Waals surface area contributed by atoms with Gasteiger partial charge < -0.3 is 4.74 Å². The summed E-state index contributed by atoms with van der Waals surface area (Å²) in [6, 6.07) is 16.2. The number of nitrogens with zero attached hydrogens (tertiary/aromatic N) is 2. The smallest absolute Gasteiger partial charge is 0.329 e. The lowest BCUT2D eigenvalue weighted by Crippen LogP contribution is -2.27. The van der Waals surface area contributed by atoms with Crippen molar-refractivity contribution in [2.24, 2.45) is 0 Å². The van der Waals surface area contributed by atoms with Gasteiger partial charge in [-0.1, -0.05) is 12.1 Å². The lowest BCUT2D eigenvalue weighted by molar-refractivity contribution is -0.117. The Hall–Kier alpha value is -3.41. The van der Waals surface area contributed by atoms with Gasteiger partial charge >= 0.3 is 6.03 Å². The molecule has 2 heterocycles. The van der Waals surface area contributed by atoms with E-state index in [-0.39, 0.29) is 12.5 Å². The summed E-state index contributed by atoms with van der Waals surface area (Å²) in [6.07, 6.45) is 1.70. The molecular weight excluding hydrogens is 306 g/mol. The molecule has 6 nitrogen and oxygen atoms in total. The Morgan fingerprint density at radius 3 is 2.54 bits per heavy atom. The topological polar surface area (TPSA) is 71.5 Å². The number of fused-ring (bicyclic) bond motifs is 1. The maximum absolute atomic E-state index is 11.7. The quantitative estimate of drug-likeness (QED) is 0.753. The second kappa shape index (κ2) is 5.66. The number of imide groups is 1. The number of nitrogens with one attached hydrogen (secondary N) is 1. The number of ether oxygens (including phenoxy) is 1. The van der Waals surface area contributed by atoms with E-state index in [0.717, 1.165) is 10.9 Å². The maximum Gasteiger partial charge on any atom is 0.329 e. The van der Waals surface area contributed by atoms with Gasteiger partial charge in [0.25, 0.3) is 0 Å². The maximum atomic E-state index is 11.7. The lowest BCUT2D eigenvalue weighted by atomic mass is 10.2. The molecule has 0 saturated carbocycles. The van der Waals surface area contributed by atoms with E-state index in [9.17, 15) is 9.59 Å². The first-order valence-corrected chi connectivity index (χ1v) is 7.44. The highest BCUT2D eigenvalue weighted by Gasteiger charge is 2.27. The summed E-state index contributed by atoms with van der Waals surface area (Å²) in [4.78, 5) is 28.6. The van der Waals surface area contributed by atoms with Gasteiger partial charge in [-0.2, -0.15) is 0 Å². The fourth-order valence-corrected chi connectivity index (χ4v) is 2.63. The molecule has 0 atom stereocenters. The predicted molar refractivity (Wildman–Crippen MR) is 89.1 cm³/mol. The Morgan fingerprint density at radius 2 is 1.79 bits per heavy atom. The van der Waals surface area contributed by atoms with Gasteiger partial charge in [-0.3, -0.25) is 20.0 Å². The highest BCUT2D eigenvalue weighted by Crippen LogP contribution is 2.30. The van der Waals surface area contributed by atoms with Crippen LogP contribution in [0.1, 0.15) is 0 Å². The molecule has 6 heteroatoms. The molecular formula is C18H13N3O3. The number of hydrogen-bond acceptors (Lipinski definition) is 4. The molecule has 3 aromatic rings. The van der Waals surface area contributed by atoms with Crippen LogP contribution >= 0.6 is 0 Å². The van der Waals surface area contributed by atoms with Crippen molar-refractivity contribution >= 4 is 28.5 Å². The van der Waals surface area contributed by atoms with Crippen molar-refractivity contribution < 1.29 is 14.3 Å². The van der Waals surface area contributed by atoms with E-state index in [2.05, 4.69) is 10.3 Å². The van der Waals surface area contributed by atoms with Gasteiger partial charge in [-0.25, -0.2) is 4.79 Å². The molecule has 0 radical (unpaired) electrons. The van der Waals surface area contributed by atoms with Crippen molar-refractivity contribution in [1.29, 1.82) is 0 Å². The van der Waals surface area contributed by atoms with Crippen LogP contribution in [0.5, 0.6) is 11.5 Å². The van der Waals surface area contributed by atoms with Gasteiger partial charge in [-0.15, -0.1) is 0 Å². The highest BCUT2D eigenvalue weighted by atomic mass is 16.5. The second-order valence-electron chi connectivity index (χ2n) is 5.36. The van der Waals surface area contributed by atoms with Gasteiger partial charge in [0.15, 0.2) is 0 Å². The first-order chi connectivity index (χ1) is 11.7. The number of pyridine rings is 1. The molecule has 1 fully saturated rings. The Balaban J connectivity index is 1.59. The van der Waals surface area contributed by atoms with Crippen LogP contribution in [-0.2, 0) is 4.79 Å². The van der Waals surface area contributed by atoms with E-state index in [4.69, 9.17) is 4.74 Å². The molecule has 0 aliphatic carbocycles. The number of amides is 3. The van der Waals surface area contributed by atoms with Gasteiger partial charge in [0.1, 0.15) is 18.0 Å². The number of hydrogen-bond donors (Lipinski definition) is 1. The average molecular weight is 319 g/mol. The van der Waals surface area contributed by atoms with Crippen molar-refractivity contribution in [3.63, 3.8) is 0 Å². The van der Waals surface area contributed by atoms with Crippen LogP contribution in [0, 0.1) is 0 Å². The molecule has 3 amide bonds. The van der Waals surface area contributed by atoms with E-state index >= 15 is 0 Å². The van der Waals surface area contributed by atoms with Crippen LogP contribution in [-0.4, -0.2) is 23.5 Å². The summed E-state index contributed by atoms with van der Waals surface area (Å²) < 4.78 is 5.93. The van der Waals surface area contributed by atoms with Crippen molar-refractivity contribution in [3.05, 3.63) is 60.8 Å². The number of para-hydroxylation sites is 1. The van der Waals surface area contributed by atoms with Gasteiger partial charge in [-0.05, 0) is 42.5 Å². The van der Waals surface area contributed by atoms with Crippen LogP contribution in [0.4, 0.5) is 10.5 Å². The molecule has 1 aliphatic heterocycles. The third-order valence-electron chi connectivity index (χ3n) is 3.78. The standard InChI is InChI=1S/C18H13N3O3/c22-17-11-21(18(23)20-17)12-5-7-13(8-6-12)24-16-9-10-19-15-4-2-1-3-14(15)16/h1-10H,11H2,(H,20,22,23). The molecule has 1 N–H and O–H groups in total. The summed E-state index contributed by atoms with van der Waals surface area (Å²) in [5, 5.41) is 3.17. The van der Waals surface area contributed by atoms with Crippen molar-refractivity contribution in [3.8, 4) is 11.5 Å². The average Bonchev–Trinajstić information content (AvgIpc) is 2.94. The molecule has 0 bridgehead atoms. The molecule has 1 aromatic heterocycles. The van der Waals surface area contributed by atoms with Crippen LogP contribution < -0.4 is 15.0 Å². The minimum atomic E-state index is -0.409. The van der Waals surface area contributed by atoms with Crippen LogP contribution in [0.3, 0.4) is 0 Å². The SMILES string of the molecule is O=C1CN(c2ccc(Oc3ccnc4ccccc34)cc2)C(=O)N1. The first-order valence-electron chi connectivity index (χ1n) is 7.44. The van der Waals surface area contributed by atoms with Gasteiger partial charge in [0, 0.05) is 17.3 Å². The minimum Gasteiger partial charge on any atom is -0.457 e. The Kier molecular flexibility index (Phi) is 3.35. The van der Waals surface area contributed by atoms with E-state index in [0.29, 0.717) is 17.2 Å². The zero-order chi connectivity index (χ0) is 16.5. The first kappa shape index (κ1) is 14.2. The number of carbonyl (C=O) groups excluding carboxylic acids is 2. The molecule has 118 valence electrons. The lowest BCUT2D eigenvalue weighted by Gasteiger charge is -2.14. The second-order valence-corrected chi connectivity index (χ2v) is 5.36. The van der Waals surface area contributed by atoms with E-state index in [1.165, 1.54) is 4.90 Å². The summed E-state index contributed by atoms with van der Waals surface area (Å²) in [6.45, 7) is 0.0357. The number of carbonyl (C=O) groups is 2. The van der Waals surface area contributed by atoms with Crippen LogP contribution in [0.2, 0.25) is 0 Å². The van der Waals surface area contributed by atoms with Crippen LogP contribution in [0.25, 0.3) is 10.9 Å². The summed E-state index contributed by atoms with van der Waals surface area (Å²) in [5.41, 5.74) is 1.50. The molecule has 1 aliphatic rings. The van der Waals surface area contributed by atoms with E-state index in [1.54, 1.807) is 30.5 Å². The molecule has 0 spiro atoms. The fraction of sp³-hybridized carbons (Fsp3) is 0.0556. The number of urea groups is 1. The summed E-state index contributed by atoms with van der Waals surface area (Å²) in [5.74, 6) is 1.05. The molecule has 2 aromatic carbocycles. The Morgan fingerprint density at radius 1 is 1.00 bits per heavy atom. The van der Waals surface area contributed by atoms with E-state index in [1.807, 2.05) is 30.3 Å². The summed E-state index contributed by atoms with van der Waals surface area (Å²) in [7, 11) is 0. The number of aromatic nitrogens is 1. The minimum absolute atomic E-state index is 0.0357. The predicted octanol–water partition coefficient (Wildman–Crippen LogP) is 3.08. The zero-order valence-electron chi connectivity index (χ0n) is 12.6. The van der Waals surface area contributed by atoms with Gasteiger partial charge in [0.2, 0.25) is 5.91 Å². The van der Waals surface area contributed by atoms with Crippen molar-refractivity contribution in [2.75, 3.05) is 11.4 Å². The summed E-state index contributed by atoms with van der Waals surface area (Å²) >= 11 is 0. The molecule has 24 heavy (non-hydrogen) atoms. The van der Waals surface area contributed by atoms with Gasteiger partial charge in [0.05, 0.1) is 5.52 Å². The zero-order valence-corrected chi connectivity index (χ0v) is 12.6. The largest absolute Gasteiger partial charge is 0.457 e. The Labute approximate surface area is 137 Å². The van der Waals surface area contributed by atoms with Crippen LogP contribution in [0.15, 0.2) is 60.8 Å². The normalized spacial score (nSPS) is 14.1. The van der Waals surface area contributed by atoms with Crippen molar-refractivity contribution in [1.82, 2.24) is 10.3 Å². The van der Waals surface area contributed by atoms with Crippen molar-refractivity contribution in [2.45, 2.75) is 0 Å². The number of anilines is 1. The molecule has 4 rings (SSSR count). The highest BCUT2D eigenvalue weighted by molar-refractivity contribution is 6.12. The number of rotatable bonds is 3.